The third-order valence-corrected chi connectivity index (χ3v) is 1.50. The summed E-state index contributed by atoms with van der Waals surface area (Å²) < 4.78 is 0. The van der Waals surface area contributed by atoms with Crippen molar-refractivity contribution in [2.24, 2.45) is 0 Å². The Morgan fingerprint density at radius 3 is 2.07 bits per heavy atom. The molecule has 1 aromatic rings. The van der Waals surface area contributed by atoms with Gasteiger partial charge in [-0.05, 0) is 24.3 Å². The van der Waals surface area contributed by atoms with Crippen molar-refractivity contribution in [2.45, 2.75) is 0 Å². The number of carboxylic acids is 1. The minimum atomic E-state index is -1.37. The number of nitrogens with one attached hydrogen (secondary N) is 2. The van der Waals surface area contributed by atoms with Gasteiger partial charge in [0.2, 0.25) is 0 Å². The smallest absolute Gasteiger partial charge is 0.355 e. The van der Waals surface area contributed by atoms with Gasteiger partial charge in [-0.15, -0.1) is 0 Å². The van der Waals surface area contributed by atoms with Crippen molar-refractivity contribution in [1.29, 1.82) is 10.8 Å². The number of nitrogen functional groups attached to an aromatic ring is 1. The van der Waals surface area contributed by atoms with Crippen LogP contribution in [0.5, 0.6) is 0 Å². The maximum absolute atomic E-state index is 9.55. The van der Waals surface area contributed by atoms with E-state index in [1.54, 1.807) is 24.3 Å². The zero-order valence-corrected chi connectivity index (χ0v) is 8.45. The highest BCUT2D eigenvalue weighted by molar-refractivity contribution is 6.57. The lowest BCUT2D eigenvalue weighted by molar-refractivity contribution is -0.129. The first kappa shape index (κ1) is 13.1. The molecule has 0 aliphatic rings. The lowest BCUT2D eigenvalue weighted by Gasteiger charge is -1.88. The Morgan fingerprint density at radius 2 is 1.87 bits per heavy atom. The second-order valence-corrected chi connectivity index (χ2v) is 2.85. The Labute approximate surface area is 91.5 Å². The van der Waals surface area contributed by atoms with Gasteiger partial charge in [-0.1, -0.05) is 11.6 Å². The van der Waals surface area contributed by atoms with Crippen molar-refractivity contribution in [3.05, 3.63) is 29.3 Å². The van der Waals surface area contributed by atoms with Crippen LogP contribution in [0.25, 0.3) is 0 Å². The molecule has 15 heavy (non-hydrogen) atoms. The molecule has 5 N–H and O–H groups in total. The van der Waals surface area contributed by atoms with Crippen LogP contribution in [0, 0.1) is 10.8 Å². The van der Waals surface area contributed by atoms with Crippen molar-refractivity contribution < 1.29 is 9.90 Å². The summed E-state index contributed by atoms with van der Waals surface area (Å²) in [4.78, 5) is 9.55. The van der Waals surface area contributed by atoms with Crippen LogP contribution in [0.4, 0.5) is 5.69 Å². The molecule has 0 saturated heterocycles. The third kappa shape index (κ3) is 6.23. The third-order valence-electron chi connectivity index (χ3n) is 1.24. The molecule has 1 rings (SSSR count). The molecule has 0 aliphatic heterocycles. The molecule has 0 spiro atoms. The maximum Gasteiger partial charge on any atom is 0.355 e. The van der Waals surface area contributed by atoms with Crippen LogP contribution in [0.15, 0.2) is 24.3 Å². The average Bonchev–Trinajstić information content (AvgIpc) is 2.22. The van der Waals surface area contributed by atoms with E-state index in [0.717, 1.165) is 10.7 Å². The van der Waals surface area contributed by atoms with Gasteiger partial charge in [0.1, 0.15) is 0 Å². The average molecular weight is 228 g/mol. The highest BCUT2D eigenvalue weighted by atomic mass is 35.5. The van der Waals surface area contributed by atoms with Gasteiger partial charge in [0.15, 0.2) is 5.71 Å². The molecular weight excluding hydrogens is 218 g/mol. The van der Waals surface area contributed by atoms with Crippen molar-refractivity contribution >= 4 is 35.2 Å². The molecule has 0 bridgehead atoms. The summed E-state index contributed by atoms with van der Waals surface area (Å²) >= 11 is 5.56. The largest absolute Gasteiger partial charge is 0.476 e. The number of hydrogen-bond donors (Lipinski definition) is 4. The number of rotatable bonds is 2. The van der Waals surface area contributed by atoms with Crippen LogP contribution in [0.1, 0.15) is 0 Å². The monoisotopic (exact) mass is 227 g/mol. The molecule has 5 nitrogen and oxygen atoms in total. The minimum absolute atomic E-state index is 0.475. The summed E-state index contributed by atoms with van der Waals surface area (Å²) in [5.41, 5.74) is 5.42. The number of halogens is 1. The summed E-state index contributed by atoms with van der Waals surface area (Å²) in [6, 6.07) is 7.05. The lowest BCUT2D eigenvalue weighted by atomic mass is 10.3. The van der Waals surface area contributed by atoms with E-state index >= 15 is 0 Å². The predicted molar refractivity (Wildman–Crippen MR) is 60.0 cm³/mol. The number of hydrogen-bond acceptors (Lipinski definition) is 4. The van der Waals surface area contributed by atoms with Crippen LogP contribution in [0.3, 0.4) is 0 Å². The van der Waals surface area contributed by atoms with Crippen molar-refractivity contribution in [3.8, 4) is 0 Å². The first-order valence-corrected chi connectivity index (χ1v) is 4.18. The van der Waals surface area contributed by atoms with E-state index in [0.29, 0.717) is 6.21 Å². The quantitative estimate of drug-likeness (QED) is 0.455. The molecule has 6 heteroatoms. The van der Waals surface area contributed by atoms with E-state index in [-0.39, 0.29) is 0 Å². The zero-order valence-electron chi connectivity index (χ0n) is 7.70. The normalized spacial score (nSPS) is 8.33. The minimum Gasteiger partial charge on any atom is -0.476 e. The standard InChI is InChI=1S/C6H6ClN.C3H4N2O2/c7-5-1-3-6(8)4-2-5;4-1-2(5)3(6)7/h1-4H,8H2;1,4-5H,(H,6,7). The summed E-state index contributed by atoms with van der Waals surface area (Å²) in [7, 11) is 0. The number of benzene rings is 1. The van der Waals surface area contributed by atoms with Gasteiger partial charge in [0.25, 0.3) is 0 Å². The van der Waals surface area contributed by atoms with E-state index in [1.807, 2.05) is 0 Å². The first-order valence-electron chi connectivity index (χ1n) is 3.80. The fourth-order valence-electron chi connectivity index (χ4n) is 0.525. The molecule has 0 saturated carbocycles. The lowest BCUT2D eigenvalue weighted by Crippen LogP contribution is -2.11. The molecule has 0 heterocycles. The summed E-state index contributed by atoms with van der Waals surface area (Å²) in [6.45, 7) is 0. The molecule has 0 amide bonds. The van der Waals surface area contributed by atoms with Crippen LogP contribution in [-0.2, 0) is 4.79 Å². The van der Waals surface area contributed by atoms with Crippen LogP contribution < -0.4 is 5.73 Å². The zero-order chi connectivity index (χ0) is 11.8. The summed E-state index contributed by atoms with van der Waals surface area (Å²) in [5.74, 6) is -1.37. The molecule has 0 aromatic heterocycles. The molecule has 0 fully saturated rings. The van der Waals surface area contributed by atoms with Gasteiger partial charge >= 0.3 is 5.97 Å². The molecule has 0 atom stereocenters. The molecule has 80 valence electrons. The second-order valence-electron chi connectivity index (χ2n) is 2.41. The maximum atomic E-state index is 9.55. The molecule has 0 radical (unpaired) electrons. The Hall–Kier alpha value is -1.88. The van der Waals surface area contributed by atoms with E-state index in [1.165, 1.54) is 0 Å². The topological polar surface area (TPSA) is 111 Å². The van der Waals surface area contributed by atoms with Crippen molar-refractivity contribution in [2.75, 3.05) is 5.73 Å². The summed E-state index contributed by atoms with van der Waals surface area (Å²) in [5, 5.41) is 21.1. The number of carbonyl (C=O) groups is 1. The number of nitrogens with two attached hydrogens (primary N) is 1. The van der Waals surface area contributed by atoms with Crippen molar-refractivity contribution in [3.63, 3.8) is 0 Å². The van der Waals surface area contributed by atoms with Gasteiger partial charge in [-0.3, -0.25) is 5.41 Å². The predicted octanol–water partition coefficient (Wildman–Crippen LogP) is 1.66. The van der Waals surface area contributed by atoms with E-state index in [9.17, 15) is 4.79 Å². The Kier molecular flexibility index (Phi) is 5.73. The van der Waals surface area contributed by atoms with Gasteiger partial charge < -0.3 is 16.2 Å². The fraction of sp³-hybridized carbons (Fsp3) is 0. The Morgan fingerprint density at radius 1 is 1.40 bits per heavy atom. The van der Waals surface area contributed by atoms with Gasteiger partial charge in [0.05, 0.1) is 6.21 Å². The molecule has 1 aromatic carbocycles. The van der Waals surface area contributed by atoms with E-state index in [2.05, 4.69) is 0 Å². The molecule has 0 unspecified atom stereocenters. The van der Waals surface area contributed by atoms with E-state index < -0.39 is 11.7 Å². The van der Waals surface area contributed by atoms with Crippen LogP contribution >= 0.6 is 11.6 Å². The van der Waals surface area contributed by atoms with Crippen LogP contribution in [0.2, 0.25) is 5.02 Å². The SMILES string of the molecule is N=CC(=N)C(=O)O.Nc1ccc(Cl)cc1. The van der Waals surface area contributed by atoms with Crippen LogP contribution in [-0.4, -0.2) is 23.0 Å². The number of carboxylic acid groups (broad SMARTS) is 1. The fourth-order valence-corrected chi connectivity index (χ4v) is 0.651. The van der Waals surface area contributed by atoms with Gasteiger partial charge in [-0.25, -0.2) is 4.79 Å². The number of aliphatic carboxylic acids is 1. The summed E-state index contributed by atoms with van der Waals surface area (Å²) in [6.07, 6.45) is 0.475. The van der Waals surface area contributed by atoms with Gasteiger partial charge in [0, 0.05) is 10.7 Å². The Balaban J connectivity index is 0.000000265. The van der Waals surface area contributed by atoms with Crippen molar-refractivity contribution in [1.82, 2.24) is 0 Å². The molecular formula is C9H10ClN3O2. The van der Waals surface area contributed by atoms with Gasteiger partial charge in [-0.2, -0.15) is 0 Å². The highest BCUT2D eigenvalue weighted by Gasteiger charge is 1.98. The highest BCUT2D eigenvalue weighted by Crippen LogP contribution is 2.09. The van der Waals surface area contributed by atoms with E-state index in [4.69, 9.17) is 33.3 Å². The Bertz CT molecular complexity index is 341. The first-order chi connectivity index (χ1) is 6.97. The number of anilines is 1. The molecule has 0 aliphatic carbocycles. The second kappa shape index (κ2) is 6.56.